The van der Waals surface area contributed by atoms with Crippen LogP contribution in [0.1, 0.15) is 23.7 Å². The van der Waals surface area contributed by atoms with Crippen LogP contribution in [0.25, 0.3) is 0 Å². The van der Waals surface area contributed by atoms with Crippen LogP contribution in [-0.4, -0.2) is 42.0 Å². The van der Waals surface area contributed by atoms with Gasteiger partial charge < -0.3 is 10.0 Å². The van der Waals surface area contributed by atoms with Gasteiger partial charge in [-0.2, -0.15) is 0 Å². The van der Waals surface area contributed by atoms with Crippen molar-refractivity contribution in [3.8, 4) is 0 Å². The molecule has 0 aliphatic heterocycles. The van der Waals surface area contributed by atoms with E-state index in [0.29, 0.717) is 13.0 Å². The zero-order valence-corrected chi connectivity index (χ0v) is 11.8. The second-order valence-electron chi connectivity index (χ2n) is 4.19. The quantitative estimate of drug-likeness (QED) is 0.820. The highest BCUT2D eigenvalue weighted by atomic mass is 79.9. The average molecular weight is 300 g/mol. The summed E-state index contributed by atoms with van der Waals surface area (Å²) >= 11 is 3.34. The lowest BCUT2D eigenvalue weighted by Crippen LogP contribution is -2.33. The SMILES string of the molecule is CC(CO)N(C)CCC(=O)c1ccc(Br)cc1. The molecule has 0 aliphatic carbocycles. The summed E-state index contributed by atoms with van der Waals surface area (Å²) in [5.74, 6) is 0.134. The van der Waals surface area contributed by atoms with Crippen molar-refractivity contribution in [2.24, 2.45) is 0 Å². The maximum atomic E-state index is 11.9. The fourth-order valence-corrected chi connectivity index (χ4v) is 1.68. The van der Waals surface area contributed by atoms with Gasteiger partial charge in [-0.3, -0.25) is 4.79 Å². The highest BCUT2D eigenvalue weighted by Gasteiger charge is 2.11. The molecule has 0 saturated heterocycles. The van der Waals surface area contributed by atoms with E-state index in [9.17, 15) is 4.79 Å². The Kier molecular flexibility index (Phi) is 5.82. The number of hydrogen-bond donors (Lipinski definition) is 1. The van der Waals surface area contributed by atoms with Crippen LogP contribution in [0.3, 0.4) is 0 Å². The largest absolute Gasteiger partial charge is 0.395 e. The van der Waals surface area contributed by atoms with Gasteiger partial charge in [-0.15, -0.1) is 0 Å². The Labute approximate surface area is 111 Å². The normalized spacial score (nSPS) is 12.8. The number of hydrogen-bond acceptors (Lipinski definition) is 3. The molecule has 0 fully saturated rings. The number of nitrogens with zero attached hydrogens (tertiary/aromatic N) is 1. The molecule has 17 heavy (non-hydrogen) atoms. The molecule has 0 saturated carbocycles. The molecule has 94 valence electrons. The number of benzene rings is 1. The molecule has 0 heterocycles. The van der Waals surface area contributed by atoms with E-state index in [0.717, 1.165) is 10.0 Å². The van der Waals surface area contributed by atoms with Crippen LogP contribution in [0.4, 0.5) is 0 Å². The summed E-state index contributed by atoms with van der Waals surface area (Å²) in [7, 11) is 1.91. The Morgan fingerprint density at radius 2 is 2.00 bits per heavy atom. The average Bonchev–Trinajstić information content (AvgIpc) is 2.35. The smallest absolute Gasteiger partial charge is 0.164 e. The molecule has 0 radical (unpaired) electrons. The molecule has 0 aliphatic rings. The fourth-order valence-electron chi connectivity index (χ4n) is 1.42. The molecule has 1 N–H and O–H groups in total. The maximum absolute atomic E-state index is 11.9. The van der Waals surface area contributed by atoms with Gasteiger partial charge in [0, 0.05) is 29.0 Å². The van der Waals surface area contributed by atoms with Gasteiger partial charge in [0.2, 0.25) is 0 Å². The lowest BCUT2D eigenvalue weighted by atomic mass is 10.1. The highest BCUT2D eigenvalue weighted by Crippen LogP contribution is 2.12. The van der Waals surface area contributed by atoms with Crippen molar-refractivity contribution in [2.75, 3.05) is 20.2 Å². The number of aliphatic hydroxyl groups excluding tert-OH is 1. The third kappa shape index (κ3) is 4.58. The van der Waals surface area contributed by atoms with Crippen molar-refractivity contribution in [1.82, 2.24) is 4.90 Å². The number of halogens is 1. The Balaban J connectivity index is 2.47. The zero-order chi connectivity index (χ0) is 12.8. The summed E-state index contributed by atoms with van der Waals surface area (Å²) in [6.07, 6.45) is 0.475. The number of carbonyl (C=O) groups excluding carboxylic acids is 1. The van der Waals surface area contributed by atoms with Crippen molar-refractivity contribution < 1.29 is 9.90 Å². The van der Waals surface area contributed by atoms with E-state index in [4.69, 9.17) is 5.11 Å². The third-order valence-corrected chi connectivity index (χ3v) is 3.40. The van der Waals surface area contributed by atoms with Crippen molar-refractivity contribution in [3.05, 3.63) is 34.3 Å². The number of likely N-dealkylation sites (N-methyl/N-ethyl adjacent to an activating group) is 1. The lowest BCUT2D eigenvalue weighted by Gasteiger charge is -2.22. The Morgan fingerprint density at radius 3 is 2.53 bits per heavy atom. The van der Waals surface area contributed by atoms with E-state index >= 15 is 0 Å². The molecular formula is C13H18BrNO2. The van der Waals surface area contributed by atoms with Gasteiger partial charge in [0.25, 0.3) is 0 Å². The summed E-state index contributed by atoms with van der Waals surface area (Å²) in [6, 6.07) is 7.47. The Bertz CT molecular complexity index is 364. The first-order valence-electron chi connectivity index (χ1n) is 5.64. The van der Waals surface area contributed by atoms with E-state index in [1.807, 2.05) is 43.1 Å². The molecule has 1 atom stereocenters. The Hall–Kier alpha value is -0.710. The molecule has 0 bridgehead atoms. The molecule has 1 unspecified atom stereocenters. The lowest BCUT2D eigenvalue weighted by molar-refractivity contribution is 0.0946. The predicted molar refractivity (Wildman–Crippen MR) is 72.3 cm³/mol. The monoisotopic (exact) mass is 299 g/mol. The van der Waals surface area contributed by atoms with Crippen LogP contribution < -0.4 is 0 Å². The van der Waals surface area contributed by atoms with E-state index in [1.165, 1.54) is 0 Å². The number of carbonyl (C=O) groups is 1. The number of rotatable bonds is 6. The van der Waals surface area contributed by atoms with Crippen molar-refractivity contribution in [3.63, 3.8) is 0 Å². The summed E-state index contributed by atoms with van der Waals surface area (Å²) < 4.78 is 0.972. The van der Waals surface area contributed by atoms with Crippen LogP contribution in [0.15, 0.2) is 28.7 Å². The second kappa shape index (κ2) is 6.89. The topological polar surface area (TPSA) is 40.5 Å². The van der Waals surface area contributed by atoms with Crippen molar-refractivity contribution >= 4 is 21.7 Å². The van der Waals surface area contributed by atoms with E-state index in [1.54, 1.807) is 0 Å². The first-order valence-corrected chi connectivity index (χ1v) is 6.43. The number of aliphatic hydroxyl groups is 1. The predicted octanol–water partition coefficient (Wildman–Crippen LogP) is 2.33. The van der Waals surface area contributed by atoms with E-state index in [2.05, 4.69) is 15.9 Å². The molecule has 0 amide bonds. The van der Waals surface area contributed by atoms with Gasteiger partial charge in [-0.1, -0.05) is 28.1 Å². The minimum absolute atomic E-state index is 0.0905. The summed E-state index contributed by atoms with van der Waals surface area (Å²) in [5, 5.41) is 8.99. The Morgan fingerprint density at radius 1 is 1.41 bits per heavy atom. The zero-order valence-electron chi connectivity index (χ0n) is 10.2. The summed E-state index contributed by atoms with van der Waals surface area (Å²) in [5.41, 5.74) is 0.734. The minimum atomic E-state index is 0.0905. The highest BCUT2D eigenvalue weighted by molar-refractivity contribution is 9.10. The van der Waals surface area contributed by atoms with Gasteiger partial charge in [0.15, 0.2) is 5.78 Å². The van der Waals surface area contributed by atoms with Crippen molar-refractivity contribution in [1.29, 1.82) is 0 Å². The molecule has 1 aromatic rings. The molecule has 0 aromatic heterocycles. The van der Waals surface area contributed by atoms with Gasteiger partial charge in [0.05, 0.1) is 6.61 Å². The van der Waals surface area contributed by atoms with Gasteiger partial charge in [-0.05, 0) is 26.1 Å². The van der Waals surface area contributed by atoms with Crippen LogP contribution in [-0.2, 0) is 0 Å². The second-order valence-corrected chi connectivity index (χ2v) is 5.11. The van der Waals surface area contributed by atoms with Gasteiger partial charge in [0.1, 0.15) is 0 Å². The van der Waals surface area contributed by atoms with Crippen LogP contribution >= 0.6 is 15.9 Å². The number of ketones is 1. The fraction of sp³-hybridized carbons (Fsp3) is 0.462. The molecule has 3 nitrogen and oxygen atoms in total. The van der Waals surface area contributed by atoms with E-state index in [-0.39, 0.29) is 18.4 Å². The third-order valence-electron chi connectivity index (χ3n) is 2.87. The maximum Gasteiger partial charge on any atom is 0.164 e. The van der Waals surface area contributed by atoms with E-state index < -0.39 is 0 Å². The molecule has 4 heteroatoms. The van der Waals surface area contributed by atoms with Crippen LogP contribution in [0.5, 0.6) is 0 Å². The minimum Gasteiger partial charge on any atom is -0.395 e. The molecule has 1 rings (SSSR count). The van der Waals surface area contributed by atoms with Crippen LogP contribution in [0, 0.1) is 0 Å². The summed E-state index contributed by atoms with van der Waals surface area (Å²) in [6.45, 7) is 2.71. The molecular weight excluding hydrogens is 282 g/mol. The molecule has 0 spiro atoms. The first kappa shape index (κ1) is 14.4. The first-order chi connectivity index (χ1) is 8.04. The van der Waals surface area contributed by atoms with Gasteiger partial charge >= 0.3 is 0 Å². The van der Waals surface area contributed by atoms with Gasteiger partial charge in [-0.25, -0.2) is 0 Å². The summed E-state index contributed by atoms with van der Waals surface area (Å²) in [4.78, 5) is 13.8. The standard InChI is InChI=1S/C13H18BrNO2/c1-10(9-16)15(2)8-7-13(17)11-3-5-12(14)6-4-11/h3-6,10,16H,7-9H2,1-2H3. The number of Topliss-reactive ketones (excluding diaryl/α,β-unsaturated/α-hetero) is 1. The molecule has 1 aromatic carbocycles. The van der Waals surface area contributed by atoms with Crippen LogP contribution in [0.2, 0.25) is 0 Å². The van der Waals surface area contributed by atoms with Crippen molar-refractivity contribution in [2.45, 2.75) is 19.4 Å².